The van der Waals surface area contributed by atoms with E-state index in [2.05, 4.69) is 73.3 Å². The Morgan fingerprint density at radius 3 is 2.14 bits per heavy atom. The molecule has 0 saturated carbocycles. The highest BCUT2D eigenvalue weighted by Gasteiger charge is 2.34. The van der Waals surface area contributed by atoms with E-state index in [1.54, 1.807) is 0 Å². The SMILES string of the molecule is CC1(C)CN(Cc2ccccc2)CC(c2ccc(OCc3ccccc3)cc2)O1. The topological polar surface area (TPSA) is 21.7 Å². The average molecular weight is 388 g/mol. The predicted octanol–water partition coefficient (Wildman–Crippen LogP) is 5.62. The van der Waals surface area contributed by atoms with Crippen LogP contribution in [0.15, 0.2) is 84.9 Å². The van der Waals surface area contributed by atoms with Gasteiger partial charge < -0.3 is 9.47 Å². The maximum Gasteiger partial charge on any atom is 0.119 e. The van der Waals surface area contributed by atoms with Gasteiger partial charge in [0.2, 0.25) is 0 Å². The van der Waals surface area contributed by atoms with Crippen LogP contribution in [-0.4, -0.2) is 23.6 Å². The van der Waals surface area contributed by atoms with Gasteiger partial charge in [0, 0.05) is 19.6 Å². The maximum atomic E-state index is 6.41. The van der Waals surface area contributed by atoms with Crippen molar-refractivity contribution >= 4 is 0 Å². The van der Waals surface area contributed by atoms with Crippen LogP contribution in [-0.2, 0) is 17.9 Å². The molecule has 29 heavy (non-hydrogen) atoms. The van der Waals surface area contributed by atoms with Crippen molar-refractivity contribution in [1.29, 1.82) is 0 Å². The highest BCUT2D eigenvalue weighted by molar-refractivity contribution is 5.30. The number of morpholine rings is 1. The van der Waals surface area contributed by atoms with Crippen LogP contribution in [0.25, 0.3) is 0 Å². The van der Waals surface area contributed by atoms with E-state index >= 15 is 0 Å². The van der Waals surface area contributed by atoms with Crippen molar-refractivity contribution in [3.8, 4) is 5.75 Å². The van der Waals surface area contributed by atoms with Crippen LogP contribution >= 0.6 is 0 Å². The normalized spacial score (nSPS) is 19.0. The fourth-order valence-electron chi connectivity index (χ4n) is 3.95. The molecule has 3 aromatic carbocycles. The zero-order chi connectivity index (χ0) is 20.1. The van der Waals surface area contributed by atoms with Gasteiger partial charge in [-0.1, -0.05) is 72.8 Å². The second-order valence-electron chi connectivity index (χ2n) is 8.36. The summed E-state index contributed by atoms with van der Waals surface area (Å²) >= 11 is 0. The third kappa shape index (κ3) is 5.47. The second kappa shape index (κ2) is 8.81. The van der Waals surface area contributed by atoms with Gasteiger partial charge in [-0.25, -0.2) is 0 Å². The molecule has 1 unspecified atom stereocenters. The number of rotatable bonds is 6. The van der Waals surface area contributed by atoms with Gasteiger partial charge in [0.05, 0.1) is 11.7 Å². The third-order valence-electron chi connectivity index (χ3n) is 5.24. The molecule has 1 fully saturated rings. The van der Waals surface area contributed by atoms with Gasteiger partial charge in [-0.2, -0.15) is 0 Å². The van der Waals surface area contributed by atoms with Crippen molar-refractivity contribution < 1.29 is 9.47 Å². The molecular weight excluding hydrogens is 358 g/mol. The zero-order valence-corrected chi connectivity index (χ0v) is 17.3. The van der Waals surface area contributed by atoms with Gasteiger partial charge in [0.15, 0.2) is 0 Å². The zero-order valence-electron chi connectivity index (χ0n) is 17.3. The van der Waals surface area contributed by atoms with Gasteiger partial charge in [0.1, 0.15) is 12.4 Å². The molecule has 0 aliphatic carbocycles. The molecule has 3 nitrogen and oxygen atoms in total. The van der Waals surface area contributed by atoms with Crippen LogP contribution in [0.1, 0.15) is 36.6 Å². The average Bonchev–Trinajstić information content (AvgIpc) is 2.73. The van der Waals surface area contributed by atoms with E-state index < -0.39 is 0 Å². The molecule has 3 aromatic rings. The minimum Gasteiger partial charge on any atom is -0.489 e. The lowest BCUT2D eigenvalue weighted by atomic mass is 10.0. The molecule has 0 N–H and O–H groups in total. The number of hydrogen-bond donors (Lipinski definition) is 0. The van der Waals surface area contributed by atoms with Crippen molar-refractivity contribution in [2.24, 2.45) is 0 Å². The lowest BCUT2D eigenvalue weighted by Crippen LogP contribution is -2.49. The maximum absolute atomic E-state index is 6.41. The van der Waals surface area contributed by atoms with Crippen LogP contribution in [0.2, 0.25) is 0 Å². The molecule has 0 amide bonds. The molecular formula is C26H29NO2. The fourth-order valence-corrected chi connectivity index (χ4v) is 3.95. The molecule has 3 heteroatoms. The summed E-state index contributed by atoms with van der Waals surface area (Å²) in [7, 11) is 0. The molecule has 1 heterocycles. The first-order valence-corrected chi connectivity index (χ1v) is 10.3. The predicted molar refractivity (Wildman–Crippen MR) is 117 cm³/mol. The Hall–Kier alpha value is -2.62. The highest BCUT2D eigenvalue weighted by atomic mass is 16.5. The number of hydrogen-bond acceptors (Lipinski definition) is 3. The Labute approximate surface area is 173 Å². The summed E-state index contributed by atoms with van der Waals surface area (Å²) in [6.07, 6.45) is 0.0608. The summed E-state index contributed by atoms with van der Waals surface area (Å²) in [4.78, 5) is 2.49. The van der Waals surface area contributed by atoms with Crippen LogP contribution in [0.5, 0.6) is 5.75 Å². The van der Waals surface area contributed by atoms with Gasteiger partial charge in [-0.3, -0.25) is 4.90 Å². The van der Waals surface area contributed by atoms with Crippen LogP contribution in [0.4, 0.5) is 0 Å². The first-order valence-electron chi connectivity index (χ1n) is 10.3. The summed E-state index contributed by atoms with van der Waals surface area (Å²) < 4.78 is 12.3. The van der Waals surface area contributed by atoms with Crippen LogP contribution in [0, 0.1) is 0 Å². The summed E-state index contributed by atoms with van der Waals surface area (Å²) in [5, 5.41) is 0. The molecule has 1 aliphatic rings. The van der Waals surface area contributed by atoms with Crippen molar-refractivity contribution in [1.82, 2.24) is 4.90 Å². The Bertz CT molecular complexity index is 891. The molecule has 4 rings (SSSR count). The Balaban J connectivity index is 1.41. The van der Waals surface area contributed by atoms with E-state index in [1.807, 2.05) is 30.3 Å². The summed E-state index contributed by atoms with van der Waals surface area (Å²) in [5.74, 6) is 0.883. The molecule has 1 saturated heterocycles. The van der Waals surface area contributed by atoms with E-state index in [0.29, 0.717) is 6.61 Å². The van der Waals surface area contributed by atoms with Gasteiger partial charge in [-0.05, 0) is 42.7 Å². The van der Waals surface area contributed by atoms with Crippen LogP contribution in [0.3, 0.4) is 0 Å². The van der Waals surface area contributed by atoms with E-state index in [-0.39, 0.29) is 11.7 Å². The molecule has 1 atom stereocenters. The quantitative estimate of drug-likeness (QED) is 0.548. The summed E-state index contributed by atoms with van der Waals surface area (Å²) in [6.45, 7) is 7.70. The van der Waals surface area contributed by atoms with Crippen LogP contribution < -0.4 is 4.74 Å². The third-order valence-corrected chi connectivity index (χ3v) is 5.24. The molecule has 0 aromatic heterocycles. The smallest absolute Gasteiger partial charge is 0.119 e. The van der Waals surface area contributed by atoms with Crippen molar-refractivity contribution in [3.05, 3.63) is 102 Å². The molecule has 0 bridgehead atoms. The largest absolute Gasteiger partial charge is 0.489 e. The number of benzene rings is 3. The van der Waals surface area contributed by atoms with Crippen molar-refractivity contribution in [3.63, 3.8) is 0 Å². The summed E-state index contributed by atoms with van der Waals surface area (Å²) in [5.41, 5.74) is 3.53. The van der Waals surface area contributed by atoms with Gasteiger partial charge >= 0.3 is 0 Å². The molecule has 0 radical (unpaired) electrons. The monoisotopic (exact) mass is 387 g/mol. The number of nitrogens with zero attached hydrogens (tertiary/aromatic N) is 1. The van der Waals surface area contributed by atoms with Crippen molar-refractivity contribution in [2.75, 3.05) is 13.1 Å². The fraction of sp³-hybridized carbons (Fsp3) is 0.308. The van der Waals surface area contributed by atoms with E-state index in [0.717, 1.165) is 25.4 Å². The number of ether oxygens (including phenoxy) is 2. The van der Waals surface area contributed by atoms with Gasteiger partial charge in [0.25, 0.3) is 0 Å². The first kappa shape index (κ1) is 19.7. The highest BCUT2D eigenvalue weighted by Crippen LogP contribution is 2.32. The van der Waals surface area contributed by atoms with Crippen molar-refractivity contribution in [2.45, 2.75) is 38.7 Å². The lowest BCUT2D eigenvalue weighted by molar-refractivity contribution is -0.140. The van der Waals surface area contributed by atoms with Gasteiger partial charge in [-0.15, -0.1) is 0 Å². The standard InChI is InChI=1S/C26H29NO2/c1-26(2)20-27(17-21-9-5-3-6-10-21)18-25(29-26)23-13-15-24(16-14-23)28-19-22-11-7-4-8-12-22/h3-16,25H,17-20H2,1-2H3. The Morgan fingerprint density at radius 1 is 0.862 bits per heavy atom. The second-order valence-corrected chi connectivity index (χ2v) is 8.36. The Kier molecular flexibility index (Phi) is 5.98. The van der Waals surface area contributed by atoms with E-state index in [9.17, 15) is 0 Å². The molecule has 0 spiro atoms. The molecule has 150 valence electrons. The Morgan fingerprint density at radius 2 is 1.48 bits per heavy atom. The first-order chi connectivity index (χ1) is 14.1. The molecule has 1 aliphatic heterocycles. The minimum absolute atomic E-state index is 0.0608. The minimum atomic E-state index is -0.180. The lowest BCUT2D eigenvalue weighted by Gasteiger charge is -2.43. The summed E-state index contributed by atoms with van der Waals surface area (Å²) in [6, 6.07) is 29.3. The van der Waals surface area contributed by atoms with E-state index in [1.165, 1.54) is 16.7 Å². The van der Waals surface area contributed by atoms with E-state index in [4.69, 9.17) is 9.47 Å².